The van der Waals surface area contributed by atoms with Crippen molar-refractivity contribution in [2.45, 2.75) is 101 Å². The van der Waals surface area contributed by atoms with E-state index in [1.807, 2.05) is 140 Å². The number of hydrogen-bond donors (Lipinski definition) is 8. The normalized spacial score (nSPS) is 16.1. The van der Waals surface area contributed by atoms with E-state index >= 15 is 4.79 Å². The van der Waals surface area contributed by atoms with E-state index < -0.39 is 78.6 Å². The number of aromatic amines is 1. The first kappa shape index (κ1) is 72.4. The molecule has 26 heteroatoms. The monoisotopic (exact) mass is 1360 g/mol. The Morgan fingerprint density at radius 1 is 0.660 bits per heavy atom. The van der Waals surface area contributed by atoms with Crippen LogP contribution in [-0.2, 0) is 72.9 Å². The molecule has 23 nitrogen and oxygen atoms in total. The summed E-state index contributed by atoms with van der Waals surface area (Å²) in [6.45, 7) is 4.51. The van der Waals surface area contributed by atoms with Crippen LogP contribution in [0.25, 0.3) is 10.9 Å². The predicted molar refractivity (Wildman–Crippen MR) is 356 cm³/mol. The number of rotatable bonds is 37. The van der Waals surface area contributed by atoms with E-state index in [0.29, 0.717) is 83.7 Å². The molecule has 0 spiro atoms. The van der Waals surface area contributed by atoms with Crippen molar-refractivity contribution in [2.75, 3.05) is 72.5 Å². The second kappa shape index (κ2) is 35.9. The Morgan fingerprint density at radius 2 is 1.25 bits per heavy atom. The maximum absolute atomic E-state index is 15.0. The Labute approximate surface area is 561 Å². The van der Waals surface area contributed by atoms with Crippen LogP contribution < -0.4 is 36.5 Å². The van der Waals surface area contributed by atoms with Crippen molar-refractivity contribution < 1.29 is 80.3 Å². The summed E-state index contributed by atoms with van der Waals surface area (Å²) in [5.41, 5.74) is 4.62. The maximum atomic E-state index is 15.0. The van der Waals surface area contributed by atoms with Crippen LogP contribution in [0.4, 0.5) is 8.78 Å². The van der Waals surface area contributed by atoms with Crippen LogP contribution in [0.15, 0.2) is 164 Å². The summed E-state index contributed by atoms with van der Waals surface area (Å²) in [7, 11) is -5.93. The molecule has 6 aromatic carbocycles. The standard InChI is InChI=1S/C71H83F2N8O15P/c72-71(73,97(88,89)90)55-24-26-57-54(43-55)44-59(76-57)68(85)78-60-46-80(33-31-56-25-28-61(81(56)70(60)87)69(86)77-58(27-30-64(74)82)67(84)79-66(52-18-9-3-10-19-52)53-20-11-4-12-21-53)65(83)22-13-34-91-36-38-93-40-41-94-39-37-92-35-32-75-45-51-23-29-62(95-47-49-14-5-1-6-15-49)63(42-51)96-48-50-16-7-2-8-17-50/h1-12,14-21,23-24,26,29,42-44,56,58,60-61,66,75-76H,13,22,25,27-28,30-41,45-48H2,(H2,74,82)(H,77,86)(H,78,85)(H,79,84)(H2,88,89,90)/t56?,58?,60-,61-/m0/s1. The molecule has 6 amide bonds. The first-order chi connectivity index (χ1) is 46.9. The van der Waals surface area contributed by atoms with E-state index in [0.717, 1.165) is 46.0 Å². The van der Waals surface area contributed by atoms with Gasteiger partial charge < -0.3 is 80.0 Å². The van der Waals surface area contributed by atoms with Crippen molar-refractivity contribution in [3.05, 3.63) is 203 Å². The first-order valence-electron chi connectivity index (χ1n) is 32.4. The van der Waals surface area contributed by atoms with E-state index in [9.17, 15) is 47.1 Å². The Morgan fingerprint density at radius 3 is 1.86 bits per heavy atom. The lowest BCUT2D eigenvalue weighted by Gasteiger charge is -2.39. The average Bonchev–Trinajstić information content (AvgIpc) is 1.67. The number of hydrogen-bond acceptors (Lipinski definition) is 14. The van der Waals surface area contributed by atoms with Crippen LogP contribution >= 0.6 is 7.60 Å². The highest BCUT2D eigenvalue weighted by Gasteiger charge is 2.51. The molecule has 4 atom stereocenters. The van der Waals surface area contributed by atoms with Gasteiger partial charge >= 0.3 is 13.3 Å². The van der Waals surface area contributed by atoms with Crippen molar-refractivity contribution >= 4 is 53.9 Å². The summed E-state index contributed by atoms with van der Waals surface area (Å²) in [5, 5.41) is 11.9. The van der Waals surface area contributed by atoms with Crippen LogP contribution in [-0.4, -0.2) is 157 Å². The lowest BCUT2D eigenvalue weighted by molar-refractivity contribution is -0.145. The van der Waals surface area contributed by atoms with Crippen LogP contribution in [0.1, 0.15) is 94.9 Å². The fraction of sp³-hybridized carbons (Fsp3) is 0.380. The van der Waals surface area contributed by atoms with Gasteiger partial charge in [-0.1, -0.05) is 133 Å². The van der Waals surface area contributed by atoms with E-state index in [4.69, 9.17) is 34.2 Å². The van der Waals surface area contributed by atoms with Crippen molar-refractivity contribution in [3.8, 4) is 11.5 Å². The fourth-order valence-electron chi connectivity index (χ4n) is 11.5. The van der Waals surface area contributed by atoms with E-state index in [2.05, 4.69) is 26.3 Å². The second-order valence-corrected chi connectivity index (χ2v) is 25.3. The highest BCUT2D eigenvalue weighted by Crippen LogP contribution is 2.59. The number of amides is 6. The number of fused-ring (bicyclic) bond motifs is 2. The molecule has 2 unspecified atom stereocenters. The molecular formula is C71H83F2N8O15P. The van der Waals surface area contributed by atoms with Gasteiger partial charge in [0.25, 0.3) is 5.91 Å². The Kier molecular flexibility index (Phi) is 26.8. The molecular weight excluding hydrogens is 1270 g/mol. The van der Waals surface area contributed by atoms with E-state index in [1.54, 1.807) is 0 Å². The summed E-state index contributed by atoms with van der Waals surface area (Å²) in [4.78, 5) is 109. The minimum Gasteiger partial charge on any atom is -0.485 e. The molecule has 2 aliphatic rings. The number of nitrogens with one attached hydrogen (secondary N) is 5. The minimum atomic E-state index is -5.93. The number of carbonyl (C=O) groups is 6. The van der Waals surface area contributed by atoms with Crippen molar-refractivity contribution in [1.29, 1.82) is 0 Å². The lowest BCUT2D eigenvalue weighted by atomic mass is 9.98. The number of aromatic nitrogens is 1. The predicted octanol–water partition coefficient (Wildman–Crippen LogP) is 7.54. The zero-order valence-corrected chi connectivity index (χ0v) is 54.6. The molecule has 2 aliphatic heterocycles. The Bertz CT molecular complexity index is 3720. The molecule has 97 heavy (non-hydrogen) atoms. The van der Waals surface area contributed by atoms with Crippen molar-refractivity contribution in [2.24, 2.45) is 5.73 Å². The third kappa shape index (κ3) is 21.0. The van der Waals surface area contributed by atoms with Gasteiger partial charge in [0, 0.05) is 68.1 Å². The van der Waals surface area contributed by atoms with E-state index in [1.165, 1.54) is 15.9 Å². The van der Waals surface area contributed by atoms with Gasteiger partial charge in [-0.25, -0.2) is 0 Å². The van der Waals surface area contributed by atoms with Gasteiger partial charge in [0.1, 0.15) is 37.0 Å². The molecule has 2 fully saturated rings. The topological polar surface area (TPSA) is 312 Å². The van der Waals surface area contributed by atoms with Crippen LogP contribution in [0.2, 0.25) is 0 Å². The van der Waals surface area contributed by atoms with Crippen LogP contribution in [0, 0.1) is 0 Å². The minimum absolute atomic E-state index is 0.00397. The smallest absolute Gasteiger partial charge is 0.399 e. The van der Waals surface area contributed by atoms with Gasteiger partial charge in [0.2, 0.25) is 29.5 Å². The maximum Gasteiger partial charge on any atom is 0.399 e. The summed E-state index contributed by atoms with van der Waals surface area (Å²) >= 11 is 0. The van der Waals surface area contributed by atoms with Gasteiger partial charge in [0.05, 0.1) is 52.3 Å². The summed E-state index contributed by atoms with van der Waals surface area (Å²) in [6.07, 6.45) is 0.605. The number of alkyl halides is 2. The third-order valence-electron chi connectivity index (χ3n) is 16.6. The molecule has 0 saturated carbocycles. The number of benzene rings is 6. The van der Waals surface area contributed by atoms with Gasteiger partial charge in [-0.05, 0) is 90.3 Å². The first-order valence-corrected chi connectivity index (χ1v) is 34.0. The zero-order valence-electron chi connectivity index (χ0n) is 53.7. The summed E-state index contributed by atoms with van der Waals surface area (Å²) in [5.74, 6) is -2.64. The summed E-state index contributed by atoms with van der Waals surface area (Å²) < 4.78 is 76.5. The molecule has 0 bridgehead atoms. The number of primary amides is 1. The van der Waals surface area contributed by atoms with Crippen molar-refractivity contribution in [1.82, 2.24) is 36.1 Å². The van der Waals surface area contributed by atoms with Gasteiger partial charge in [-0.15, -0.1) is 0 Å². The van der Waals surface area contributed by atoms with Crippen LogP contribution in [0.3, 0.4) is 0 Å². The van der Waals surface area contributed by atoms with Gasteiger partial charge in [-0.3, -0.25) is 33.3 Å². The number of H-pyrrole nitrogens is 1. The van der Waals surface area contributed by atoms with Gasteiger partial charge in [-0.2, -0.15) is 8.78 Å². The molecule has 9 rings (SSSR count). The number of halogens is 2. The zero-order chi connectivity index (χ0) is 68.6. The highest BCUT2D eigenvalue weighted by molar-refractivity contribution is 7.52. The second-order valence-electron chi connectivity index (χ2n) is 23.6. The Balaban J connectivity index is 0.726. The fourth-order valence-corrected chi connectivity index (χ4v) is 12.0. The molecule has 9 N–H and O–H groups in total. The number of nitrogens with two attached hydrogens (primary N) is 1. The molecule has 7 aromatic rings. The number of nitrogens with zero attached hydrogens (tertiary/aromatic N) is 2. The molecule has 1 aromatic heterocycles. The molecule has 0 aliphatic carbocycles. The molecule has 2 saturated heterocycles. The Hall–Kier alpha value is -8.91. The average molecular weight is 1360 g/mol. The number of carbonyl (C=O) groups excluding carboxylic acids is 6. The van der Waals surface area contributed by atoms with E-state index in [-0.39, 0.29) is 87.5 Å². The van der Waals surface area contributed by atoms with Gasteiger partial charge in [0.15, 0.2) is 11.5 Å². The SMILES string of the molecule is NC(=O)CCC(NC(=O)[C@@H]1CCC2CCN(C(=O)CCCOCCOCCOCCOCCNCc3ccc(OCc4ccccc4)c(OCc4ccccc4)c3)C[C@H](NC(=O)c3cc4cc(C(F)(F)P(=O)(O)O)ccc4[nH]3)C(=O)N21)C(=O)NC(c1ccccc1)c1ccccc1. The molecule has 516 valence electrons. The molecule has 3 heterocycles. The number of ether oxygens (including phenoxy) is 6. The lowest BCUT2D eigenvalue weighted by Crippen LogP contribution is -2.62. The largest absolute Gasteiger partial charge is 0.485 e. The van der Waals surface area contributed by atoms with Crippen LogP contribution in [0.5, 0.6) is 11.5 Å². The third-order valence-corrected chi connectivity index (χ3v) is 17.6. The van der Waals surface area contributed by atoms with Crippen molar-refractivity contribution in [3.63, 3.8) is 0 Å². The highest BCUT2D eigenvalue weighted by atomic mass is 31.2. The molecule has 0 radical (unpaired) electrons. The summed E-state index contributed by atoms with van der Waals surface area (Å²) in [6, 6.07) is 43.0. The quantitative estimate of drug-likeness (QED) is 0.0138.